The summed E-state index contributed by atoms with van der Waals surface area (Å²) in [6.45, 7) is 6.79. The maximum atomic E-state index is 10.4. The highest BCUT2D eigenvalue weighted by atomic mass is 16.5. The van der Waals surface area contributed by atoms with Crippen LogP contribution in [0.4, 0.5) is 0 Å². The quantitative estimate of drug-likeness (QED) is 0.501. The van der Waals surface area contributed by atoms with E-state index < -0.39 is 5.97 Å². The molecule has 0 radical (unpaired) electrons. The molecule has 0 heterocycles. The lowest BCUT2D eigenvalue weighted by Gasteiger charge is -2.06. The van der Waals surface area contributed by atoms with E-state index in [0.29, 0.717) is 25.4 Å². The van der Waals surface area contributed by atoms with E-state index in [1.165, 1.54) is 13.0 Å². The third-order valence-corrected chi connectivity index (χ3v) is 1.52. The number of carboxylic acid groups (broad SMARTS) is 1. The minimum atomic E-state index is -0.910. The Morgan fingerprint density at radius 2 is 2.07 bits per heavy atom. The highest BCUT2D eigenvalue weighted by molar-refractivity contribution is 5.85. The predicted molar refractivity (Wildman–Crippen MR) is 53.3 cm³/mol. The topological polar surface area (TPSA) is 55.8 Å². The molecule has 0 bridgehead atoms. The van der Waals surface area contributed by atoms with Gasteiger partial charge in [0, 0.05) is 5.57 Å². The molecule has 0 aliphatic carbocycles. The molecule has 4 nitrogen and oxygen atoms in total. The van der Waals surface area contributed by atoms with Crippen LogP contribution in [-0.2, 0) is 14.3 Å². The molecule has 14 heavy (non-hydrogen) atoms. The van der Waals surface area contributed by atoms with Gasteiger partial charge in [-0.05, 0) is 26.8 Å². The monoisotopic (exact) mass is 202 g/mol. The van der Waals surface area contributed by atoms with Crippen molar-refractivity contribution >= 4 is 5.97 Å². The van der Waals surface area contributed by atoms with Gasteiger partial charge in [-0.15, -0.1) is 0 Å². The summed E-state index contributed by atoms with van der Waals surface area (Å²) < 4.78 is 10.4. The smallest absolute Gasteiger partial charge is 0.331 e. The van der Waals surface area contributed by atoms with Crippen molar-refractivity contribution in [1.29, 1.82) is 0 Å². The highest BCUT2D eigenvalue weighted by Gasteiger charge is 1.98. The van der Waals surface area contributed by atoms with E-state index in [-0.39, 0.29) is 6.10 Å². The molecule has 0 spiro atoms. The van der Waals surface area contributed by atoms with Crippen molar-refractivity contribution in [3.8, 4) is 0 Å². The molecule has 82 valence electrons. The van der Waals surface area contributed by atoms with Crippen molar-refractivity contribution in [2.75, 3.05) is 19.8 Å². The molecule has 0 fully saturated rings. The zero-order valence-electron chi connectivity index (χ0n) is 8.95. The second-order valence-electron chi connectivity index (χ2n) is 3.19. The predicted octanol–water partition coefficient (Wildman–Crippen LogP) is 1.46. The number of hydrogen-bond donors (Lipinski definition) is 1. The van der Waals surface area contributed by atoms with E-state index in [1.54, 1.807) is 0 Å². The lowest BCUT2D eigenvalue weighted by Crippen LogP contribution is -2.09. The minimum absolute atomic E-state index is 0.204. The van der Waals surface area contributed by atoms with Gasteiger partial charge in [-0.25, -0.2) is 4.79 Å². The molecule has 0 aliphatic rings. The standard InChI is InChI=1S/C10H18O4/c1-8(2)14-7-6-13-5-4-9(3)10(11)12/h4,8H,5-7H2,1-3H3,(H,11,12). The molecule has 0 aliphatic heterocycles. The Morgan fingerprint density at radius 3 is 2.57 bits per heavy atom. The number of carbonyl (C=O) groups is 1. The lowest BCUT2D eigenvalue weighted by atomic mass is 10.3. The minimum Gasteiger partial charge on any atom is -0.478 e. The second kappa shape index (κ2) is 7.53. The molecule has 0 unspecified atom stereocenters. The number of rotatable bonds is 7. The number of hydrogen-bond acceptors (Lipinski definition) is 3. The lowest BCUT2D eigenvalue weighted by molar-refractivity contribution is -0.132. The molecule has 0 aromatic heterocycles. The summed E-state index contributed by atoms with van der Waals surface area (Å²) in [6, 6.07) is 0. The van der Waals surface area contributed by atoms with Gasteiger partial charge in [-0.2, -0.15) is 0 Å². The summed E-state index contributed by atoms with van der Waals surface area (Å²) in [6.07, 6.45) is 1.74. The Morgan fingerprint density at radius 1 is 1.43 bits per heavy atom. The van der Waals surface area contributed by atoms with E-state index in [1.807, 2.05) is 13.8 Å². The normalized spacial score (nSPS) is 12.1. The number of carboxylic acids is 1. The zero-order valence-corrected chi connectivity index (χ0v) is 8.95. The van der Waals surface area contributed by atoms with Gasteiger partial charge in [0.2, 0.25) is 0 Å². The van der Waals surface area contributed by atoms with Gasteiger partial charge < -0.3 is 14.6 Å². The first-order valence-electron chi connectivity index (χ1n) is 4.63. The molecule has 0 atom stereocenters. The Hall–Kier alpha value is -0.870. The Kier molecular flexibility index (Phi) is 7.06. The van der Waals surface area contributed by atoms with Crippen molar-refractivity contribution in [2.24, 2.45) is 0 Å². The van der Waals surface area contributed by atoms with Crippen LogP contribution in [0, 0.1) is 0 Å². The van der Waals surface area contributed by atoms with Crippen LogP contribution in [0.15, 0.2) is 11.6 Å². The van der Waals surface area contributed by atoms with Gasteiger partial charge in [-0.3, -0.25) is 0 Å². The fourth-order valence-corrected chi connectivity index (χ4v) is 0.697. The molecule has 1 N–H and O–H groups in total. The molecule has 0 saturated heterocycles. The zero-order chi connectivity index (χ0) is 11.0. The number of ether oxygens (including phenoxy) is 2. The van der Waals surface area contributed by atoms with E-state index in [2.05, 4.69) is 0 Å². The Balaban J connectivity index is 3.38. The van der Waals surface area contributed by atoms with Crippen molar-refractivity contribution in [1.82, 2.24) is 0 Å². The van der Waals surface area contributed by atoms with Gasteiger partial charge in [0.1, 0.15) is 0 Å². The maximum absolute atomic E-state index is 10.4. The first kappa shape index (κ1) is 13.1. The van der Waals surface area contributed by atoms with Crippen LogP contribution >= 0.6 is 0 Å². The van der Waals surface area contributed by atoms with Crippen molar-refractivity contribution in [2.45, 2.75) is 26.9 Å². The van der Waals surface area contributed by atoms with Crippen LogP contribution in [0.5, 0.6) is 0 Å². The maximum Gasteiger partial charge on any atom is 0.331 e. The van der Waals surface area contributed by atoms with Gasteiger partial charge in [0.05, 0.1) is 25.9 Å². The molecule has 0 aromatic carbocycles. The van der Waals surface area contributed by atoms with Crippen LogP contribution in [0.1, 0.15) is 20.8 Å². The van der Waals surface area contributed by atoms with Gasteiger partial charge >= 0.3 is 5.97 Å². The SMILES string of the molecule is CC(=CCOCCOC(C)C)C(=O)O. The largest absolute Gasteiger partial charge is 0.478 e. The van der Waals surface area contributed by atoms with Gasteiger partial charge in [0.15, 0.2) is 0 Å². The molecular weight excluding hydrogens is 184 g/mol. The van der Waals surface area contributed by atoms with Crippen LogP contribution in [0.3, 0.4) is 0 Å². The summed E-state index contributed by atoms with van der Waals surface area (Å²) in [7, 11) is 0. The Labute approximate surface area is 84.5 Å². The van der Waals surface area contributed by atoms with Gasteiger partial charge in [0.25, 0.3) is 0 Å². The highest BCUT2D eigenvalue weighted by Crippen LogP contribution is 1.92. The summed E-state index contributed by atoms with van der Waals surface area (Å²) in [5.74, 6) is -0.910. The third-order valence-electron chi connectivity index (χ3n) is 1.52. The fourth-order valence-electron chi connectivity index (χ4n) is 0.697. The average molecular weight is 202 g/mol. The summed E-state index contributed by atoms with van der Waals surface area (Å²) in [5, 5.41) is 8.51. The summed E-state index contributed by atoms with van der Waals surface area (Å²) >= 11 is 0. The molecule has 4 heteroatoms. The first-order valence-corrected chi connectivity index (χ1v) is 4.63. The second-order valence-corrected chi connectivity index (χ2v) is 3.19. The third kappa shape index (κ3) is 7.76. The van der Waals surface area contributed by atoms with Crippen LogP contribution < -0.4 is 0 Å². The molecule has 0 saturated carbocycles. The number of aliphatic carboxylic acids is 1. The van der Waals surface area contributed by atoms with Crippen molar-refractivity contribution in [3.05, 3.63) is 11.6 Å². The van der Waals surface area contributed by atoms with Crippen molar-refractivity contribution < 1.29 is 19.4 Å². The van der Waals surface area contributed by atoms with Crippen LogP contribution in [0.2, 0.25) is 0 Å². The summed E-state index contributed by atoms with van der Waals surface area (Å²) in [5.41, 5.74) is 0.301. The van der Waals surface area contributed by atoms with Gasteiger partial charge in [-0.1, -0.05) is 0 Å². The van der Waals surface area contributed by atoms with Crippen LogP contribution in [0.25, 0.3) is 0 Å². The Bertz CT molecular complexity index is 196. The van der Waals surface area contributed by atoms with Crippen LogP contribution in [-0.4, -0.2) is 37.0 Å². The van der Waals surface area contributed by atoms with E-state index in [0.717, 1.165) is 0 Å². The van der Waals surface area contributed by atoms with Crippen molar-refractivity contribution in [3.63, 3.8) is 0 Å². The molecule has 0 aromatic rings. The summed E-state index contributed by atoms with van der Waals surface area (Å²) in [4.78, 5) is 10.4. The van der Waals surface area contributed by atoms with E-state index in [4.69, 9.17) is 14.6 Å². The molecule has 0 amide bonds. The fraction of sp³-hybridized carbons (Fsp3) is 0.700. The average Bonchev–Trinajstić information content (AvgIpc) is 2.09. The molecular formula is C10H18O4. The molecule has 0 rings (SSSR count). The first-order chi connectivity index (χ1) is 6.54. The van der Waals surface area contributed by atoms with E-state index in [9.17, 15) is 4.79 Å². The van der Waals surface area contributed by atoms with E-state index >= 15 is 0 Å².